The van der Waals surface area contributed by atoms with E-state index in [2.05, 4.69) is 16.4 Å². The highest BCUT2D eigenvalue weighted by Gasteiger charge is 2.23. The summed E-state index contributed by atoms with van der Waals surface area (Å²) in [6, 6.07) is 17.7. The molecule has 0 unspecified atom stereocenters. The van der Waals surface area contributed by atoms with E-state index in [1.807, 2.05) is 67.3 Å². The van der Waals surface area contributed by atoms with E-state index in [0.29, 0.717) is 18.5 Å². The third-order valence-corrected chi connectivity index (χ3v) is 5.48. The number of nitrogens with one attached hydrogen (secondary N) is 1. The summed E-state index contributed by atoms with van der Waals surface area (Å²) < 4.78 is 0. The van der Waals surface area contributed by atoms with E-state index in [-0.39, 0.29) is 11.8 Å². The third kappa shape index (κ3) is 4.10. The number of fused-ring (bicyclic) bond motifs is 1. The standard InChI is InChI=1S/C25H25N3O2/c1-3-24(29)28-13-12-22-14-21(10-11-23(22)28)19-6-8-20(9-7-19)25(30)27-16-18-5-4-17(2)26-15-18/h4-11,14-15H,3,12-13,16H2,1-2H3,(H,27,30). The SMILES string of the molecule is CCC(=O)N1CCc2cc(-c3ccc(C(=O)NCc4ccc(C)nc4)cc3)ccc21. The fraction of sp³-hybridized carbons (Fsp3) is 0.240. The second kappa shape index (κ2) is 8.49. The number of pyridine rings is 1. The number of rotatable bonds is 5. The van der Waals surface area contributed by atoms with Crippen molar-refractivity contribution in [1.29, 1.82) is 0 Å². The van der Waals surface area contributed by atoms with E-state index < -0.39 is 0 Å². The summed E-state index contributed by atoms with van der Waals surface area (Å²) in [6.07, 6.45) is 3.18. The van der Waals surface area contributed by atoms with Gasteiger partial charge in [-0.3, -0.25) is 14.6 Å². The summed E-state index contributed by atoms with van der Waals surface area (Å²) in [5, 5.41) is 2.93. The molecule has 4 rings (SSSR count). The lowest BCUT2D eigenvalue weighted by Gasteiger charge is -2.16. The van der Waals surface area contributed by atoms with Gasteiger partial charge in [-0.15, -0.1) is 0 Å². The fourth-order valence-corrected chi connectivity index (χ4v) is 3.73. The van der Waals surface area contributed by atoms with Gasteiger partial charge in [0.05, 0.1) is 0 Å². The Morgan fingerprint density at radius 2 is 1.80 bits per heavy atom. The van der Waals surface area contributed by atoms with Crippen LogP contribution >= 0.6 is 0 Å². The molecular formula is C25H25N3O2. The molecule has 0 bridgehead atoms. The molecule has 152 valence electrons. The topological polar surface area (TPSA) is 62.3 Å². The highest BCUT2D eigenvalue weighted by Crippen LogP contribution is 2.32. The highest BCUT2D eigenvalue weighted by atomic mass is 16.2. The van der Waals surface area contributed by atoms with Crippen LogP contribution < -0.4 is 10.2 Å². The van der Waals surface area contributed by atoms with Crippen molar-refractivity contribution in [2.75, 3.05) is 11.4 Å². The van der Waals surface area contributed by atoms with Crippen LogP contribution in [0, 0.1) is 6.92 Å². The molecule has 2 aromatic carbocycles. The molecule has 0 radical (unpaired) electrons. The Morgan fingerprint density at radius 3 is 2.50 bits per heavy atom. The van der Waals surface area contributed by atoms with Crippen LogP contribution in [0.25, 0.3) is 11.1 Å². The summed E-state index contributed by atoms with van der Waals surface area (Å²) in [5.41, 5.74) is 6.92. The largest absolute Gasteiger partial charge is 0.348 e. The number of benzene rings is 2. The zero-order valence-corrected chi connectivity index (χ0v) is 17.3. The first-order valence-electron chi connectivity index (χ1n) is 10.3. The average molecular weight is 399 g/mol. The van der Waals surface area contributed by atoms with Gasteiger partial charge in [-0.1, -0.05) is 31.2 Å². The van der Waals surface area contributed by atoms with Gasteiger partial charge in [-0.2, -0.15) is 0 Å². The number of nitrogens with zero attached hydrogens (tertiary/aromatic N) is 2. The first kappa shape index (κ1) is 19.8. The number of aromatic nitrogens is 1. The minimum atomic E-state index is -0.107. The number of carbonyl (C=O) groups is 2. The lowest BCUT2D eigenvalue weighted by atomic mass is 10.0. The number of carbonyl (C=O) groups excluding carboxylic acids is 2. The van der Waals surface area contributed by atoms with Crippen LogP contribution in [0.2, 0.25) is 0 Å². The Kier molecular flexibility index (Phi) is 5.61. The molecule has 5 nitrogen and oxygen atoms in total. The predicted octanol–water partition coefficient (Wildman–Crippen LogP) is 4.29. The van der Waals surface area contributed by atoms with Gasteiger partial charge < -0.3 is 10.2 Å². The van der Waals surface area contributed by atoms with E-state index in [0.717, 1.165) is 41.0 Å². The van der Waals surface area contributed by atoms with Crippen molar-refractivity contribution in [3.8, 4) is 11.1 Å². The molecule has 5 heteroatoms. The minimum Gasteiger partial charge on any atom is -0.348 e. The van der Waals surface area contributed by atoms with E-state index in [1.165, 1.54) is 5.56 Å². The maximum Gasteiger partial charge on any atom is 0.251 e. The van der Waals surface area contributed by atoms with Crippen LogP contribution in [0.1, 0.15) is 40.5 Å². The third-order valence-electron chi connectivity index (χ3n) is 5.48. The van der Waals surface area contributed by atoms with Crippen LogP contribution in [0.5, 0.6) is 0 Å². The molecule has 30 heavy (non-hydrogen) atoms. The van der Waals surface area contributed by atoms with Crippen molar-refractivity contribution in [1.82, 2.24) is 10.3 Å². The quantitative estimate of drug-likeness (QED) is 0.696. The molecule has 2 heterocycles. The maximum absolute atomic E-state index is 12.4. The lowest BCUT2D eigenvalue weighted by molar-refractivity contribution is -0.118. The van der Waals surface area contributed by atoms with Gasteiger partial charge in [-0.05, 0) is 65.9 Å². The Morgan fingerprint density at radius 1 is 1.03 bits per heavy atom. The number of hydrogen-bond donors (Lipinski definition) is 1. The molecule has 3 aromatic rings. The number of aryl methyl sites for hydroxylation is 1. The normalized spacial score (nSPS) is 12.5. The molecule has 0 fully saturated rings. The van der Waals surface area contributed by atoms with Crippen LogP contribution in [0.15, 0.2) is 60.8 Å². The molecule has 0 atom stereocenters. The Balaban J connectivity index is 1.44. The fourth-order valence-electron chi connectivity index (χ4n) is 3.73. The Hall–Kier alpha value is -3.47. The number of amides is 2. The van der Waals surface area contributed by atoms with Crippen molar-refractivity contribution >= 4 is 17.5 Å². The molecule has 1 aliphatic heterocycles. The number of hydrogen-bond acceptors (Lipinski definition) is 3. The van der Waals surface area contributed by atoms with Gasteiger partial charge >= 0.3 is 0 Å². The lowest BCUT2D eigenvalue weighted by Crippen LogP contribution is -2.27. The molecule has 1 N–H and O–H groups in total. The predicted molar refractivity (Wildman–Crippen MR) is 118 cm³/mol. The molecule has 0 aliphatic carbocycles. The van der Waals surface area contributed by atoms with Gasteiger partial charge in [0.25, 0.3) is 5.91 Å². The van der Waals surface area contributed by atoms with Crippen LogP contribution in [-0.4, -0.2) is 23.3 Å². The van der Waals surface area contributed by atoms with E-state index in [9.17, 15) is 9.59 Å². The Bertz CT molecular complexity index is 1070. The van der Waals surface area contributed by atoms with Crippen molar-refractivity contribution in [3.63, 3.8) is 0 Å². The van der Waals surface area contributed by atoms with Crippen LogP contribution in [0.4, 0.5) is 5.69 Å². The van der Waals surface area contributed by atoms with Crippen molar-refractivity contribution in [2.45, 2.75) is 33.2 Å². The summed E-state index contributed by atoms with van der Waals surface area (Å²) >= 11 is 0. The van der Waals surface area contributed by atoms with Crippen LogP contribution in [0.3, 0.4) is 0 Å². The maximum atomic E-state index is 12.4. The van der Waals surface area contributed by atoms with Crippen molar-refractivity contribution in [2.24, 2.45) is 0 Å². The zero-order valence-electron chi connectivity index (χ0n) is 17.3. The molecule has 1 aromatic heterocycles. The van der Waals surface area contributed by atoms with Gasteiger partial charge in [-0.25, -0.2) is 0 Å². The Labute approximate surface area is 176 Å². The van der Waals surface area contributed by atoms with Crippen molar-refractivity contribution < 1.29 is 9.59 Å². The first-order chi connectivity index (χ1) is 14.5. The number of anilines is 1. The smallest absolute Gasteiger partial charge is 0.251 e. The zero-order chi connectivity index (χ0) is 21.1. The molecular weight excluding hydrogens is 374 g/mol. The first-order valence-corrected chi connectivity index (χ1v) is 10.3. The molecule has 0 saturated heterocycles. The average Bonchev–Trinajstić information content (AvgIpc) is 3.21. The molecule has 2 amide bonds. The van der Waals surface area contributed by atoms with Crippen molar-refractivity contribution in [3.05, 3.63) is 83.2 Å². The minimum absolute atomic E-state index is 0.107. The summed E-state index contributed by atoms with van der Waals surface area (Å²) in [5.74, 6) is 0.0584. The van der Waals surface area contributed by atoms with Gasteiger partial charge in [0.1, 0.15) is 0 Å². The van der Waals surface area contributed by atoms with Gasteiger partial charge in [0.15, 0.2) is 0 Å². The summed E-state index contributed by atoms with van der Waals surface area (Å²) in [4.78, 5) is 30.6. The summed E-state index contributed by atoms with van der Waals surface area (Å²) in [7, 11) is 0. The van der Waals surface area contributed by atoms with Crippen LogP contribution in [-0.2, 0) is 17.8 Å². The van der Waals surface area contributed by atoms with Gasteiger partial charge in [0.2, 0.25) is 5.91 Å². The molecule has 0 saturated carbocycles. The highest BCUT2D eigenvalue weighted by molar-refractivity contribution is 5.96. The summed E-state index contributed by atoms with van der Waals surface area (Å²) in [6.45, 7) is 5.03. The van der Waals surface area contributed by atoms with E-state index in [1.54, 1.807) is 6.20 Å². The second-order valence-corrected chi connectivity index (χ2v) is 7.56. The monoisotopic (exact) mass is 399 g/mol. The molecule has 0 spiro atoms. The second-order valence-electron chi connectivity index (χ2n) is 7.56. The van der Waals surface area contributed by atoms with Gasteiger partial charge in [0, 0.05) is 42.7 Å². The van der Waals surface area contributed by atoms with E-state index in [4.69, 9.17) is 0 Å². The molecule has 1 aliphatic rings. The van der Waals surface area contributed by atoms with E-state index >= 15 is 0 Å².